The van der Waals surface area contributed by atoms with Crippen LogP contribution in [0.25, 0.3) is 0 Å². The van der Waals surface area contributed by atoms with Crippen molar-refractivity contribution >= 4 is 33.4 Å². The molecule has 0 radical (unpaired) electrons. The molecule has 1 aromatic rings. The molecule has 2 fully saturated rings. The van der Waals surface area contributed by atoms with Gasteiger partial charge in [0.2, 0.25) is 15.9 Å². The number of carbonyl (C=O) groups is 2. The van der Waals surface area contributed by atoms with Gasteiger partial charge in [0.25, 0.3) is 5.91 Å². The van der Waals surface area contributed by atoms with Gasteiger partial charge in [-0.3, -0.25) is 9.59 Å². The molecule has 2 amide bonds. The van der Waals surface area contributed by atoms with E-state index >= 15 is 0 Å². The van der Waals surface area contributed by atoms with Gasteiger partial charge in [-0.15, -0.1) is 0 Å². The second-order valence-corrected chi connectivity index (χ2v) is 9.83. The van der Waals surface area contributed by atoms with Crippen molar-refractivity contribution in [3.05, 3.63) is 28.8 Å². The van der Waals surface area contributed by atoms with Crippen LogP contribution >= 0.6 is 11.6 Å². The van der Waals surface area contributed by atoms with Crippen molar-refractivity contribution in [3.63, 3.8) is 0 Å². The van der Waals surface area contributed by atoms with Crippen LogP contribution in [0.3, 0.4) is 0 Å². The maximum Gasteiger partial charge on any atom is 0.251 e. The summed E-state index contributed by atoms with van der Waals surface area (Å²) in [6, 6.07) is 4.31. The van der Waals surface area contributed by atoms with E-state index in [0.29, 0.717) is 6.61 Å². The van der Waals surface area contributed by atoms with Crippen LogP contribution in [0.1, 0.15) is 55.3 Å². The van der Waals surface area contributed by atoms with E-state index in [1.54, 1.807) is 0 Å². The van der Waals surface area contributed by atoms with Crippen molar-refractivity contribution < 1.29 is 22.7 Å². The Morgan fingerprint density at radius 1 is 1.13 bits per heavy atom. The smallest absolute Gasteiger partial charge is 0.251 e. The van der Waals surface area contributed by atoms with Crippen LogP contribution in [0.2, 0.25) is 5.02 Å². The molecule has 1 atom stereocenters. The zero-order chi connectivity index (χ0) is 21.6. The molecule has 2 aliphatic rings. The fourth-order valence-corrected chi connectivity index (χ4v) is 5.29. The third-order valence-electron chi connectivity index (χ3n) is 5.37. The highest BCUT2D eigenvalue weighted by Gasteiger charge is 2.23. The lowest BCUT2D eigenvalue weighted by molar-refractivity contribution is -0.121. The van der Waals surface area contributed by atoms with Gasteiger partial charge in [0.05, 0.1) is 11.1 Å². The molecule has 1 aliphatic heterocycles. The van der Waals surface area contributed by atoms with Gasteiger partial charge < -0.3 is 15.4 Å². The molecule has 3 rings (SSSR count). The summed E-state index contributed by atoms with van der Waals surface area (Å²) in [5.41, 5.74) is 0.160. The summed E-state index contributed by atoms with van der Waals surface area (Å²) in [5.74, 6) is -0.559. The van der Waals surface area contributed by atoms with Crippen LogP contribution < -0.4 is 15.4 Å². The van der Waals surface area contributed by atoms with Crippen LogP contribution in [-0.2, 0) is 19.6 Å². The number of nitrogens with one attached hydrogen (secondary N) is 3. The second-order valence-electron chi connectivity index (χ2n) is 7.69. The van der Waals surface area contributed by atoms with E-state index in [4.69, 9.17) is 16.3 Å². The normalized spacial score (nSPS) is 19.7. The number of carbonyl (C=O) groups excluding carboxylic acids is 2. The Labute approximate surface area is 182 Å². The zero-order valence-electron chi connectivity index (χ0n) is 16.8. The largest absolute Gasteiger partial charge is 0.377 e. The topological polar surface area (TPSA) is 114 Å². The lowest BCUT2D eigenvalue weighted by Crippen LogP contribution is -2.35. The zero-order valence-corrected chi connectivity index (χ0v) is 18.4. The molecule has 0 spiro atoms. The van der Waals surface area contributed by atoms with Gasteiger partial charge in [0.15, 0.2) is 0 Å². The number of hydrogen-bond donors (Lipinski definition) is 3. The maximum absolute atomic E-state index is 12.6. The SMILES string of the molecule is O=C(CCNC(=O)c1ccc(Cl)c(S(=O)(=O)NCC2CCCO2)c1)NC1CCCC1. The molecule has 30 heavy (non-hydrogen) atoms. The van der Waals surface area contributed by atoms with E-state index < -0.39 is 15.9 Å². The van der Waals surface area contributed by atoms with Gasteiger partial charge in [-0.2, -0.15) is 0 Å². The minimum Gasteiger partial charge on any atom is -0.377 e. The van der Waals surface area contributed by atoms with Gasteiger partial charge in [-0.05, 0) is 43.9 Å². The van der Waals surface area contributed by atoms with Crippen molar-refractivity contribution in [1.29, 1.82) is 0 Å². The molecule has 1 saturated heterocycles. The first-order chi connectivity index (χ1) is 14.3. The van der Waals surface area contributed by atoms with Crippen molar-refractivity contribution in [3.8, 4) is 0 Å². The fourth-order valence-electron chi connectivity index (χ4n) is 3.70. The number of halogens is 1. The summed E-state index contributed by atoms with van der Waals surface area (Å²) in [5, 5.41) is 5.64. The molecule has 3 N–H and O–H groups in total. The molecular formula is C20H28ClN3O5S. The van der Waals surface area contributed by atoms with Gasteiger partial charge >= 0.3 is 0 Å². The number of ether oxygens (including phenoxy) is 1. The molecule has 8 nitrogen and oxygen atoms in total. The predicted molar refractivity (Wildman–Crippen MR) is 113 cm³/mol. The molecule has 1 aromatic carbocycles. The summed E-state index contributed by atoms with van der Waals surface area (Å²) < 4.78 is 33.2. The minimum atomic E-state index is -3.89. The van der Waals surface area contributed by atoms with Gasteiger partial charge in [-0.1, -0.05) is 24.4 Å². The number of sulfonamides is 1. The Balaban J connectivity index is 1.53. The average Bonchev–Trinajstić information content (AvgIpc) is 3.40. The average molecular weight is 458 g/mol. The Morgan fingerprint density at radius 3 is 2.60 bits per heavy atom. The lowest BCUT2D eigenvalue weighted by atomic mass is 10.2. The molecule has 166 valence electrons. The summed E-state index contributed by atoms with van der Waals surface area (Å²) in [6.07, 6.45) is 5.99. The third kappa shape index (κ3) is 6.41. The van der Waals surface area contributed by atoms with Crippen molar-refractivity contribution in [2.75, 3.05) is 19.7 Å². The Hall–Kier alpha value is -1.68. The summed E-state index contributed by atoms with van der Waals surface area (Å²) >= 11 is 6.07. The molecule has 1 aliphatic carbocycles. The molecule has 10 heteroatoms. The quantitative estimate of drug-likeness (QED) is 0.524. The first-order valence-corrected chi connectivity index (χ1v) is 12.2. The fraction of sp³-hybridized carbons (Fsp3) is 0.600. The monoisotopic (exact) mass is 457 g/mol. The number of hydrogen-bond acceptors (Lipinski definition) is 5. The van der Waals surface area contributed by atoms with Crippen LogP contribution in [-0.4, -0.2) is 52.1 Å². The number of benzene rings is 1. The van der Waals surface area contributed by atoms with E-state index in [0.717, 1.165) is 38.5 Å². The Bertz CT molecular complexity index is 865. The molecule has 0 bridgehead atoms. The van der Waals surface area contributed by atoms with Crippen molar-refractivity contribution in [2.24, 2.45) is 0 Å². The van der Waals surface area contributed by atoms with Crippen LogP contribution in [0.4, 0.5) is 0 Å². The highest BCUT2D eigenvalue weighted by Crippen LogP contribution is 2.23. The third-order valence-corrected chi connectivity index (χ3v) is 7.27. The van der Waals surface area contributed by atoms with Gasteiger partial charge in [-0.25, -0.2) is 13.1 Å². The van der Waals surface area contributed by atoms with E-state index in [9.17, 15) is 18.0 Å². The van der Waals surface area contributed by atoms with Crippen LogP contribution in [0.5, 0.6) is 0 Å². The van der Waals surface area contributed by atoms with E-state index in [2.05, 4.69) is 15.4 Å². The van der Waals surface area contributed by atoms with E-state index in [-0.39, 0.29) is 53.0 Å². The molecular weight excluding hydrogens is 430 g/mol. The lowest BCUT2D eigenvalue weighted by Gasteiger charge is -2.14. The van der Waals surface area contributed by atoms with E-state index in [1.807, 2.05) is 0 Å². The van der Waals surface area contributed by atoms with Crippen LogP contribution in [0, 0.1) is 0 Å². The van der Waals surface area contributed by atoms with E-state index in [1.165, 1.54) is 18.2 Å². The predicted octanol–water partition coefficient (Wildman–Crippen LogP) is 1.98. The first-order valence-electron chi connectivity index (χ1n) is 10.3. The highest BCUT2D eigenvalue weighted by molar-refractivity contribution is 7.89. The first kappa shape index (κ1) is 23.0. The standard InChI is InChI=1S/C20H28ClN3O5S/c21-17-8-7-14(12-18(17)30(27,28)23-13-16-6-3-11-29-16)20(26)22-10-9-19(25)24-15-4-1-2-5-15/h7-8,12,15-16,23H,1-6,9-11,13H2,(H,22,26)(H,24,25). The Kier molecular flexibility index (Phi) is 8.10. The molecule has 1 unspecified atom stereocenters. The maximum atomic E-state index is 12.6. The molecule has 1 heterocycles. The highest BCUT2D eigenvalue weighted by atomic mass is 35.5. The van der Waals surface area contributed by atoms with Gasteiger partial charge in [0, 0.05) is 37.7 Å². The summed E-state index contributed by atoms with van der Waals surface area (Å²) in [4.78, 5) is 24.2. The number of amides is 2. The number of rotatable bonds is 9. The van der Waals surface area contributed by atoms with Crippen molar-refractivity contribution in [1.82, 2.24) is 15.4 Å². The van der Waals surface area contributed by atoms with Crippen molar-refractivity contribution in [2.45, 2.75) is 62.0 Å². The minimum absolute atomic E-state index is 0.0299. The molecule has 0 aromatic heterocycles. The summed E-state index contributed by atoms with van der Waals surface area (Å²) in [7, 11) is -3.89. The van der Waals surface area contributed by atoms with Gasteiger partial charge in [0.1, 0.15) is 4.90 Å². The second kappa shape index (κ2) is 10.6. The summed E-state index contributed by atoms with van der Waals surface area (Å²) in [6.45, 7) is 0.950. The molecule has 1 saturated carbocycles. The Morgan fingerprint density at radius 2 is 1.90 bits per heavy atom. The van der Waals surface area contributed by atoms with Crippen LogP contribution in [0.15, 0.2) is 23.1 Å².